The van der Waals surface area contributed by atoms with Gasteiger partial charge in [-0.15, -0.1) is 0 Å². The summed E-state index contributed by atoms with van der Waals surface area (Å²) in [6.45, 7) is 2.66. The smallest absolute Gasteiger partial charge is 0.303 e. The van der Waals surface area contributed by atoms with Crippen molar-refractivity contribution >= 4 is 21.7 Å². The minimum Gasteiger partial charge on any atom is -0.481 e. The zero-order valence-electron chi connectivity index (χ0n) is 15.5. The summed E-state index contributed by atoms with van der Waals surface area (Å²) in [5, 5.41) is 7.13. The van der Waals surface area contributed by atoms with E-state index >= 15 is 0 Å². The van der Waals surface area contributed by atoms with Crippen molar-refractivity contribution in [3.8, 4) is 0 Å². The summed E-state index contributed by atoms with van der Waals surface area (Å²) in [5.74, 6) is -1.42. The second-order valence-corrected chi connectivity index (χ2v) is 9.34. The van der Waals surface area contributed by atoms with E-state index < -0.39 is 32.2 Å². The number of carbonyl (C=O) groups excluding carboxylic acids is 1. The molecule has 150 valence electrons. The zero-order chi connectivity index (χ0) is 19.9. The van der Waals surface area contributed by atoms with Crippen molar-refractivity contribution in [2.45, 2.75) is 49.7 Å². The van der Waals surface area contributed by atoms with Gasteiger partial charge in [0, 0.05) is 32.7 Å². The third-order valence-corrected chi connectivity index (χ3v) is 7.41. The third-order valence-electron chi connectivity index (χ3n) is 4.82. The molecule has 1 atom stereocenters. The minimum absolute atomic E-state index is 0.0698. The number of carbonyl (C=O) groups is 2. The Morgan fingerprint density at radius 1 is 1.22 bits per heavy atom. The molecule has 7 nitrogen and oxygen atoms in total. The molecule has 27 heavy (non-hydrogen) atoms. The maximum Gasteiger partial charge on any atom is 0.303 e. The number of benzene rings is 1. The van der Waals surface area contributed by atoms with Crippen molar-refractivity contribution in [1.29, 1.82) is 0 Å². The van der Waals surface area contributed by atoms with Crippen LogP contribution in [0, 0.1) is 0 Å². The Morgan fingerprint density at radius 3 is 2.44 bits per heavy atom. The van der Waals surface area contributed by atoms with E-state index in [9.17, 15) is 18.0 Å². The Kier molecular flexibility index (Phi) is 7.79. The SMILES string of the molecule is CC(C(=O)N(CCCC(=O)O)Cc1ccccc1)S(=O)(=O)C1CCOCC1. The van der Waals surface area contributed by atoms with Gasteiger partial charge < -0.3 is 14.7 Å². The van der Waals surface area contributed by atoms with Crippen molar-refractivity contribution in [2.24, 2.45) is 0 Å². The maximum atomic E-state index is 13.0. The van der Waals surface area contributed by atoms with Crippen LogP contribution in [-0.2, 0) is 30.7 Å². The molecule has 1 N–H and O–H groups in total. The molecule has 1 aliphatic rings. The molecule has 1 fully saturated rings. The first kappa shape index (κ1) is 21.4. The van der Waals surface area contributed by atoms with Crippen LogP contribution in [0.15, 0.2) is 30.3 Å². The summed E-state index contributed by atoms with van der Waals surface area (Å²) in [4.78, 5) is 25.2. The highest BCUT2D eigenvalue weighted by molar-refractivity contribution is 7.93. The summed E-state index contributed by atoms with van der Waals surface area (Å²) in [6, 6.07) is 9.26. The van der Waals surface area contributed by atoms with Gasteiger partial charge in [-0.05, 0) is 31.7 Å². The van der Waals surface area contributed by atoms with Crippen molar-refractivity contribution in [3.63, 3.8) is 0 Å². The number of hydrogen-bond acceptors (Lipinski definition) is 5. The van der Waals surface area contributed by atoms with E-state index in [0.717, 1.165) is 5.56 Å². The molecule has 1 aromatic rings. The van der Waals surface area contributed by atoms with Gasteiger partial charge in [-0.3, -0.25) is 9.59 Å². The third kappa shape index (κ3) is 6.04. The highest BCUT2D eigenvalue weighted by atomic mass is 32.2. The average Bonchev–Trinajstić information content (AvgIpc) is 2.67. The van der Waals surface area contributed by atoms with Crippen molar-refractivity contribution in [2.75, 3.05) is 19.8 Å². The van der Waals surface area contributed by atoms with Crippen LogP contribution in [0.4, 0.5) is 0 Å². The number of amides is 1. The lowest BCUT2D eigenvalue weighted by molar-refractivity contribution is -0.138. The Morgan fingerprint density at radius 2 is 1.85 bits per heavy atom. The molecule has 0 bridgehead atoms. The second kappa shape index (κ2) is 9.85. The van der Waals surface area contributed by atoms with E-state index in [1.54, 1.807) is 0 Å². The summed E-state index contributed by atoms with van der Waals surface area (Å²) >= 11 is 0. The molecule has 0 aromatic heterocycles. The first-order chi connectivity index (χ1) is 12.8. The van der Waals surface area contributed by atoms with Gasteiger partial charge in [0.15, 0.2) is 9.84 Å². The van der Waals surface area contributed by atoms with Crippen LogP contribution in [0.1, 0.15) is 38.2 Å². The quantitative estimate of drug-likeness (QED) is 0.683. The number of rotatable bonds is 9. The minimum atomic E-state index is -3.63. The first-order valence-electron chi connectivity index (χ1n) is 9.17. The molecule has 1 saturated heterocycles. The predicted molar refractivity (Wildman–Crippen MR) is 101 cm³/mol. The van der Waals surface area contributed by atoms with Crippen molar-refractivity contribution in [3.05, 3.63) is 35.9 Å². The largest absolute Gasteiger partial charge is 0.481 e. The van der Waals surface area contributed by atoms with Gasteiger partial charge in [0.2, 0.25) is 5.91 Å². The Labute approximate surface area is 160 Å². The molecular formula is C19H27NO6S. The molecular weight excluding hydrogens is 370 g/mol. The first-order valence-corrected chi connectivity index (χ1v) is 10.8. The molecule has 1 aromatic carbocycles. The van der Waals surface area contributed by atoms with Crippen molar-refractivity contribution < 1.29 is 27.9 Å². The molecule has 0 aliphatic carbocycles. The standard InChI is InChI=1S/C19H27NO6S/c1-15(27(24,25)17-9-12-26-13-10-17)19(23)20(11-5-8-18(21)22)14-16-6-3-2-4-7-16/h2-4,6-7,15,17H,5,8-14H2,1H3,(H,21,22). The zero-order valence-corrected chi connectivity index (χ0v) is 16.4. The number of sulfone groups is 1. The second-order valence-electron chi connectivity index (χ2n) is 6.79. The predicted octanol–water partition coefficient (Wildman–Crippen LogP) is 1.86. The maximum absolute atomic E-state index is 13.0. The Bertz CT molecular complexity index is 728. The number of aliphatic carboxylic acids is 1. The van der Waals surface area contributed by atoms with E-state index in [2.05, 4.69) is 0 Å². The number of carboxylic acids is 1. The molecule has 8 heteroatoms. The van der Waals surface area contributed by atoms with Crippen LogP contribution in [0.3, 0.4) is 0 Å². The number of ether oxygens (including phenoxy) is 1. The molecule has 1 aliphatic heterocycles. The fourth-order valence-corrected chi connectivity index (χ4v) is 5.04. The topological polar surface area (TPSA) is 101 Å². The van der Waals surface area contributed by atoms with Gasteiger partial charge in [0.05, 0.1) is 5.25 Å². The molecule has 1 amide bonds. The van der Waals surface area contributed by atoms with Gasteiger partial charge in [0.1, 0.15) is 5.25 Å². The number of carboxylic acid groups (broad SMARTS) is 1. The van der Waals surface area contributed by atoms with E-state index in [1.165, 1.54) is 11.8 Å². The molecule has 0 saturated carbocycles. The van der Waals surface area contributed by atoms with E-state index in [-0.39, 0.29) is 25.9 Å². The average molecular weight is 397 g/mol. The van der Waals surface area contributed by atoms with E-state index in [0.29, 0.717) is 26.1 Å². The summed E-state index contributed by atoms with van der Waals surface area (Å²) in [5.41, 5.74) is 0.872. The summed E-state index contributed by atoms with van der Waals surface area (Å²) in [6.07, 6.45) is 1.01. The van der Waals surface area contributed by atoms with Gasteiger partial charge in [-0.25, -0.2) is 8.42 Å². The fourth-order valence-electron chi connectivity index (χ4n) is 3.18. The van der Waals surface area contributed by atoms with Crippen LogP contribution < -0.4 is 0 Å². The van der Waals surface area contributed by atoms with Gasteiger partial charge in [0.25, 0.3) is 0 Å². The molecule has 0 radical (unpaired) electrons. The molecule has 1 unspecified atom stereocenters. The lowest BCUT2D eigenvalue weighted by Crippen LogP contribution is -2.45. The summed E-state index contributed by atoms with van der Waals surface area (Å²) < 4.78 is 31.0. The van der Waals surface area contributed by atoms with Crippen LogP contribution in [0.5, 0.6) is 0 Å². The molecule has 1 heterocycles. The van der Waals surface area contributed by atoms with Gasteiger partial charge >= 0.3 is 5.97 Å². The molecule has 2 rings (SSSR count). The normalized spacial score (nSPS) is 16.6. The number of nitrogens with zero attached hydrogens (tertiary/aromatic N) is 1. The number of hydrogen-bond donors (Lipinski definition) is 1. The Hall–Kier alpha value is -1.93. The Balaban J connectivity index is 2.13. The van der Waals surface area contributed by atoms with Crippen molar-refractivity contribution in [1.82, 2.24) is 4.90 Å². The lowest BCUT2D eigenvalue weighted by atomic mass is 10.2. The highest BCUT2D eigenvalue weighted by Crippen LogP contribution is 2.22. The fraction of sp³-hybridized carbons (Fsp3) is 0.579. The molecule has 0 spiro atoms. The van der Waals surface area contributed by atoms with Crippen LogP contribution in [0.2, 0.25) is 0 Å². The van der Waals surface area contributed by atoms with Gasteiger partial charge in [-0.2, -0.15) is 0 Å². The van der Waals surface area contributed by atoms with Crippen LogP contribution in [0.25, 0.3) is 0 Å². The van der Waals surface area contributed by atoms with Gasteiger partial charge in [-0.1, -0.05) is 30.3 Å². The lowest BCUT2D eigenvalue weighted by Gasteiger charge is -2.29. The van der Waals surface area contributed by atoms with Crippen LogP contribution >= 0.6 is 0 Å². The highest BCUT2D eigenvalue weighted by Gasteiger charge is 2.38. The summed E-state index contributed by atoms with van der Waals surface area (Å²) in [7, 11) is -3.63. The van der Waals surface area contributed by atoms with E-state index in [1.807, 2.05) is 30.3 Å². The van der Waals surface area contributed by atoms with E-state index in [4.69, 9.17) is 9.84 Å². The monoisotopic (exact) mass is 397 g/mol. The van der Waals surface area contributed by atoms with Crippen LogP contribution in [-0.4, -0.2) is 60.6 Å².